The van der Waals surface area contributed by atoms with Crippen LogP contribution >= 0.6 is 24.0 Å². The molecular weight excluding hydrogens is 204 g/mol. The van der Waals surface area contributed by atoms with Gasteiger partial charge in [-0.25, -0.2) is 4.79 Å². The zero-order valence-electron chi connectivity index (χ0n) is 7.00. The van der Waals surface area contributed by atoms with Crippen molar-refractivity contribution < 1.29 is 9.90 Å². The SMILES string of the molecule is Cc1cc(C(=O)O)sc1C#CCS. The quantitative estimate of drug-likeness (QED) is 0.552. The molecule has 0 unspecified atom stereocenters. The van der Waals surface area contributed by atoms with Gasteiger partial charge in [-0.05, 0) is 18.6 Å². The van der Waals surface area contributed by atoms with Crippen molar-refractivity contribution in [1.82, 2.24) is 0 Å². The Morgan fingerprint density at radius 2 is 2.46 bits per heavy atom. The molecular formula is C9H8O2S2. The second kappa shape index (κ2) is 4.35. The second-order valence-electron chi connectivity index (χ2n) is 2.39. The van der Waals surface area contributed by atoms with E-state index in [1.165, 1.54) is 11.3 Å². The highest BCUT2D eigenvalue weighted by molar-refractivity contribution is 7.80. The molecule has 0 spiro atoms. The monoisotopic (exact) mass is 212 g/mol. The van der Waals surface area contributed by atoms with Gasteiger partial charge in [0.1, 0.15) is 4.88 Å². The third kappa shape index (κ3) is 2.51. The normalized spacial score (nSPS) is 9.08. The molecule has 0 bridgehead atoms. The van der Waals surface area contributed by atoms with Gasteiger partial charge in [0, 0.05) is 0 Å². The maximum Gasteiger partial charge on any atom is 0.345 e. The number of carboxylic acids is 1. The Labute approximate surface area is 86.0 Å². The molecule has 0 atom stereocenters. The Morgan fingerprint density at radius 1 is 1.77 bits per heavy atom. The average molecular weight is 212 g/mol. The van der Waals surface area contributed by atoms with Crippen LogP contribution in [0.2, 0.25) is 0 Å². The summed E-state index contributed by atoms with van der Waals surface area (Å²) in [6.07, 6.45) is 0. The Morgan fingerprint density at radius 3 is 2.92 bits per heavy atom. The van der Waals surface area contributed by atoms with Gasteiger partial charge in [-0.3, -0.25) is 0 Å². The van der Waals surface area contributed by atoms with Crippen LogP contribution in [-0.2, 0) is 0 Å². The van der Waals surface area contributed by atoms with Crippen LogP contribution in [0.15, 0.2) is 6.07 Å². The van der Waals surface area contributed by atoms with Crippen molar-refractivity contribution in [1.29, 1.82) is 0 Å². The van der Waals surface area contributed by atoms with E-state index in [0.29, 0.717) is 10.6 Å². The predicted molar refractivity (Wildman–Crippen MR) is 56.7 cm³/mol. The maximum absolute atomic E-state index is 10.6. The number of rotatable bonds is 1. The smallest absolute Gasteiger partial charge is 0.345 e. The first-order valence-corrected chi connectivity index (χ1v) is 5.03. The van der Waals surface area contributed by atoms with Crippen LogP contribution in [0.3, 0.4) is 0 Å². The van der Waals surface area contributed by atoms with Crippen LogP contribution in [0, 0.1) is 18.8 Å². The van der Waals surface area contributed by atoms with E-state index in [1.54, 1.807) is 6.07 Å². The topological polar surface area (TPSA) is 37.3 Å². The van der Waals surface area contributed by atoms with Crippen LogP contribution in [-0.4, -0.2) is 16.8 Å². The fourth-order valence-corrected chi connectivity index (χ4v) is 1.80. The molecule has 0 saturated heterocycles. The van der Waals surface area contributed by atoms with Crippen molar-refractivity contribution in [3.8, 4) is 11.8 Å². The summed E-state index contributed by atoms with van der Waals surface area (Å²) in [6, 6.07) is 1.63. The van der Waals surface area contributed by atoms with E-state index in [0.717, 1.165) is 10.4 Å². The summed E-state index contributed by atoms with van der Waals surface area (Å²) >= 11 is 5.15. The molecule has 4 heteroatoms. The molecule has 0 fully saturated rings. The molecule has 0 amide bonds. The highest BCUT2D eigenvalue weighted by Gasteiger charge is 2.08. The molecule has 0 aliphatic rings. The van der Waals surface area contributed by atoms with Crippen molar-refractivity contribution in [2.45, 2.75) is 6.92 Å². The number of hydrogen-bond donors (Lipinski definition) is 2. The van der Waals surface area contributed by atoms with Crippen LogP contribution in [0.4, 0.5) is 0 Å². The molecule has 1 aromatic rings. The molecule has 68 valence electrons. The molecule has 1 heterocycles. The minimum atomic E-state index is -0.896. The average Bonchev–Trinajstić information content (AvgIpc) is 2.44. The Balaban J connectivity index is 3.03. The van der Waals surface area contributed by atoms with Gasteiger partial charge >= 0.3 is 5.97 Å². The van der Waals surface area contributed by atoms with Gasteiger partial charge in [0.15, 0.2) is 0 Å². The van der Waals surface area contributed by atoms with E-state index in [9.17, 15) is 4.79 Å². The Hall–Kier alpha value is -0.920. The standard InChI is InChI=1S/C9H8O2S2/c1-6-5-8(9(10)11)13-7(6)3-2-4-12/h5,12H,4H2,1H3,(H,10,11). The number of carboxylic acid groups (broad SMARTS) is 1. The number of carbonyl (C=O) groups is 1. The highest BCUT2D eigenvalue weighted by Crippen LogP contribution is 2.20. The minimum absolute atomic E-state index is 0.334. The number of aromatic carboxylic acids is 1. The molecule has 0 aliphatic carbocycles. The molecule has 0 aromatic carbocycles. The number of thiophene rings is 1. The van der Waals surface area contributed by atoms with Crippen molar-refractivity contribution >= 4 is 29.9 Å². The summed E-state index contributed by atoms with van der Waals surface area (Å²) in [7, 11) is 0. The second-order valence-corrected chi connectivity index (χ2v) is 3.76. The van der Waals surface area contributed by atoms with E-state index < -0.39 is 5.97 Å². The van der Waals surface area contributed by atoms with Crippen LogP contribution in [0.1, 0.15) is 20.1 Å². The van der Waals surface area contributed by atoms with E-state index in [4.69, 9.17) is 5.11 Å². The summed E-state index contributed by atoms with van der Waals surface area (Å²) < 4.78 is 0. The first-order valence-electron chi connectivity index (χ1n) is 3.58. The van der Waals surface area contributed by atoms with Crippen molar-refractivity contribution in [2.75, 3.05) is 5.75 Å². The van der Waals surface area contributed by atoms with Crippen LogP contribution in [0.5, 0.6) is 0 Å². The molecule has 1 aromatic heterocycles. The Bertz CT molecular complexity index is 382. The summed E-state index contributed by atoms with van der Waals surface area (Å²) in [5, 5.41) is 8.70. The van der Waals surface area contributed by atoms with Crippen LogP contribution in [0.25, 0.3) is 0 Å². The lowest BCUT2D eigenvalue weighted by Crippen LogP contribution is -1.89. The lowest BCUT2D eigenvalue weighted by molar-refractivity contribution is 0.0702. The fraction of sp³-hybridized carbons (Fsp3) is 0.222. The first kappa shape index (κ1) is 10.2. The third-order valence-corrected chi connectivity index (χ3v) is 2.71. The summed E-state index contributed by atoms with van der Waals surface area (Å²) in [4.78, 5) is 11.7. The number of hydrogen-bond acceptors (Lipinski definition) is 3. The number of thiol groups is 1. The van der Waals surface area contributed by atoms with E-state index >= 15 is 0 Å². The summed E-state index contributed by atoms with van der Waals surface area (Å²) in [5.74, 6) is 5.25. The third-order valence-electron chi connectivity index (χ3n) is 1.41. The lowest BCUT2D eigenvalue weighted by Gasteiger charge is -1.82. The molecule has 1 N–H and O–H groups in total. The van der Waals surface area contributed by atoms with Crippen molar-refractivity contribution in [3.05, 3.63) is 21.4 Å². The van der Waals surface area contributed by atoms with Gasteiger partial charge in [0.2, 0.25) is 0 Å². The fourth-order valence-electron chi connectivity index (χ4n) is 0.831. The zero-order chi connectivity index (χ0) is 9.84. The lowest BCUT2D eigenvalue weighted by atomic mass is 10.3. The van der Waals surface area contributed by atoms with E-state index in [2.05, 4.69) is 24.5 Å². The Kier molecular flexibility index (Phi) is 3.40. The first-order chi connectivity index (χ1) is 6.15. The highest BCUT2D eigenvalue weighted by atomic mass is 32.1. The summed E-state index contributed by atoms with van der Waals surface area (Å²) in [6.45, 7) is 1.85. The van der Waals surface area contributed by atoms with Crippen LogP contribution < -0.4 is 0 Å². The molecule has 0 aliphatic heterocycles. The minimum Gasteiger partial charge on any atom is -0.477 e. The van der Waals surface area contributed by atoms with Gasteiger partial charge in [-0.1, -0.05) is 11.8 Å². The van der Waals surface area contributed by atoms with Gasteiger partial charge in [-0.15, -0.1) is 11.3 Å². The van der Waals surface area contributed by atoms with Gasteiger partial charge in [0.25, 0.3) is 0 Å². The predicted octanol–water partition coefficient (Wildman–Crippen LogP) is 2.04. The van der Waals surface area contributed by atoms with Gasteiger partial charge < -0.3 is 5.11 Å². The molecule has 0 saturated carbocycles. The van der Waals surface area contributed by atoms with Crippen molar-refractivity contribution in [2.24, 2.45) is 0 Å². The van der Waals surface area contributed by atoms with Gasteiger partial charge in [-0.2, -0.15) is 12.6 Å². The van der Waals surface area contributed by atoms with E-state index in [1.807, 2.05) is 6.92 Å². The van der Waals surface area contributed by atoms with Gasteiger partial charge in [0.05, 0.1) is 10.6 Å². The molecule has 0 radical (unpaired) electrons. The molecule has 1 rings (SSSR count). The van der Waals surface area contributed by atoms with E-state index in [-0.39, 0.29) is 0 Å². The largest absolute Gasteiger partial charge is 0.477 e. The number of aryl methyl sites for hydroxylation is 1. The maximum atomic E-state index is 10.6. The summed E-state index contributed by atoms with van der Waals surface area (Å²) in [5.41, 5.74) is 0.914. The molecule has 13 heavy (non-hydrogen) atoms. The molecule has 2 nitrogen and oxygen atoms in total. The van der Waals surface area contributed by atoms with Crippen molar-refractivity contribution in [3.63, 3.8) is 0 Å². The zero-order valence-corrected chi connectivity index (χ0v) is 8.71.